The maximum Gasteiger partial charge on any atom is 0.269 e. The number of amides is 1. The molecule has 0 aliphatic heterocycles. The van der Waals surface area contributed by atoms with Crippen LogP contribution in [0.15, 0.2) is 60.7 Å². The first-order valence-corrected chi connectivity index (χ1v) is 10.0. The van der Waals surface area contributed by atoms with Gasteiger partial charge >= 0.3 is 0 Å². The molecule has 0 fully saturated rings. The summed E-state index contributed by atoms with van der Waals surface area (Å²) in [4.78, 5) is 23.1. The van der Waals surface area contributed by atoms with Crippen LogP contribution in [-0.4, -0.2) is 26.2 Å². The molecule has 4 rings (SSSR count). The lowest BCUT2D eigenvalue weighted by molar-refractivity contribution is -0.384. The number of non-ortho nitro benzene ring substituents is 1. The monoisotopic (exact) mass is 444 g/mol. The molecule has 4 aromatic rings. The first-order valence-electron chi connectivity index (χ1n) is 10.0. The molecule has 0 spiro atoms. The van der Waals surface area contributed by atoms with Gasteiger partial charge in [-0.25, -0.2) is 0 Å². The fraction of sp³-hybridized carbons (Fsp3) is 0.0800. The fourth-order valence-electron chi connectivity index (χ4n) is 3.84. The third kappa shape index (κ3) is 3.78. The number of carbonyl (C=O) groups is 1. The SMILES string of the molecule is Cc1cc(NC(=O)c2ccc([N+](=O)[O-])cc2)c(C)c(-c2c(O)c(O)cc3ccccc23)c1O. The number of aromatic hydroxyl groups is 3. The minimum Gasteiger partial charge on any atom is -0.507 e. The van der Waals surface area contributed by atoms with Crippen molar-refractivity contribution in [1.29, 1.82) is 0 Å². The zero-order chi connectivity index (χ0) is 23.9. The molecule has 0 atom stereocenters. The number of phenols is 3. The third-order valence-corrected chi connectivity index (χ3v) is 5.59. The number of fused-ring (bicyclic) bond motifs is 1. The number of benzene rings is 4. The molecular weight excluding hydrogens is 424 g/mol. The van der Waals surface area contributed by atoms with Gasteiger partial charge in [-0.3, -0.25) is 14.9 Å². The van der Waals surface area contributed by atoms with Gasteiger partial charge in [0.2, 0.25) is 0 Å². The highest BCUT2D eigenvalue weighted by molar-refractivity contribution is 6.08. The number of phenolic OH excluding ortho intramolecular Hbond substituents is 3. The molecule has 0 unspecified atom stereocenters. The van der Waals surface area contributed by atoms with E-state index in [1.165, 1.54) is 30.3 Å². The number of rotatable bonds is 4. The summed E-state index contributed by atoms with van der Waals surface area (Å²) in [5, 5.41) is 46.8. The number of nitrogens with zero attached hydrogens (tertiary/aromatic N) is 1. The maximum atomic E-state index is 12.8. The summed E-state index contributed by atoms with van der Waals surface area (Å²) in [6.45, 7) is 3.33. The summed E-state index contributed by atoms with van der Waals surface area (Å²) in [6, 6.07) is 15.3. The van der Waals surface area contributed by atoms with Crippen molar-refractivity contribution >= 4 is 28.1 Å². The average molecular weight is 444 g/mol. The summed E-state index contributed by atoms with van der Waals surface area (Å²) in [5.41, 5.74) is 1.92. The van der Waals surface area contributed by atoms with Gasteiger partial charge in [-0.2, -0.15) is 0 Å². The summed E-state index contributed by atoms with van der Waals surface area (Å²) in [5.74, 6) is -1.30. The molecule has 0 aliphatic rings. The first-order chi connectivity index (χ1) is 15.7. The molecule has 0 radical (unpaired) electrons. The molecule has 0 heterocycles. The van der Waals surface area contributed by atoms with Gasteiger partial charge < -0.3 is 20.6 Å². The summed E-state index contributed by atoms with van der Waals surface area (Å²) >= 11 is 0. The average Bonchev–Trinajstić information content (AvgIpc) is 2.80. The number of hydrogen-bond donors (Lipinski definition) is 4. The molecule has 33 heavy (non-hydrogen) atoms. The predicted octanol–water partition coefficient (Wildman–Crippen LogP) is 5.40. The van der Waals surface area contributed by atoms with E-state index >= 15 is 0 Å². The Morgan fingerprint density at radius 2 is 1.58 bits per heavy atom. The Morgan fingerprint density at radius 1 is 0.909 bits per heavy atom. The topological polar surface area (TPSA) is 133 Å². The summed E-state index contributed by atoms with van der Waals surface area (Å²) in [6.07, 6.45) is 0. The summed E-state index contributed by atoms with van der Waals surface area (Å²) < 4.78 is 0. The van der Waals surface area contributed by atoms with E-state index in [0.29, 0.717) is 27.6 Å². The molecule has 0 saturated carbocycles. The van der Waals surface area contributed by atoms with Crippen molar-refractivity contribution in [3.63, 3.8) is 0 Å². The van der Waals surface area contributed by atoms with Crippen molar-refractivity contribution in [3.05, 3.63) is 87.5 Å². The highest BCUT2D eigenvalue weighted by Crippen LogP contribution is 2.49. The Balaban J connectivity index is 1.85. The van der Waals surface area contributed by atoms with Gasteiger partial charge in [0.15, 0.2) is 11.5 Å². The van der Waals surface area contributed by atoms with Crippen LogP contribution in [0.1, 0.15) is 21.5 Å². The highest BCUT2D eigenvalue weighted by atomic mass is 16.6. The maximum absolute atomic E-state index is 12.8. The van der Waals surface area contributed by atoms with Crippen molar-refractivity contribution in [3.8, 4) is 28.4 Å². The first kappa shape index (κ1) is 21.6. The van der Waals surface area contributed by atoms with Crippen LogP contribution in [0.5, 0.6) is 17.2 Å². The van der Waals surface area contributed by atoms with Crippen LogP contribution >= 0.6 is 0 Å². The lowest BCUT2D eigenvalue weighted by Crippen LogP contribution is -2.13. The molecular formula is C25H20N2O6. The number of anilines is 1. The van der Waals surface area contributed by atoms with Crippen molar-refractivity contribution < 1.29 is 25.0 Å². The number of aryl methyl sites for hydroxylation is 1. The Bertz CT molecular complexity index is 1430. The van der Waals surface area contributed by atoms with Crippen molar-refractivity contribution in [2.45, 2.75) is 13.8 Å². The van der Waals surface area contributed by atoms with E-state index in [1.807, 2.05) is 0 Å². The molecule has 1 amide bonds. The third-order valence-electron chi connectivity index (χ3n) is 5.59. The van der Waals surface area contributed by atoms with E-state index in [1.54, 1.807) is 44.2 Å². The van der Waals surface area contributed by atoms with E-state index in [4.69, 9.17) is 0 Å². The molecule has 8 nitrogen and oxygen atoms in total. The van der Waals surface area contributed by atoms with Gasteiger partial charge in [-0.15, -0.1) is 0 Å². The quantitative estimate of drug-likeness (QED) is 0.144. The largest absolute Gasteiger partial charge is 0.507 e. The lowest BCUT2D eigenvalue weighted by atomic mass is 9.90. The Labute approximate surface area is 188 Å². The lowest BCUT2D eigenvalue weighted by Gasteiger charge is -2.19. The Hall–Kier alpha value is -4.59. The van der Waals surface area contributed by atoms with Gasteiger partial charge in [0.1, 0.15) is 5.75 Å². The molecule has 166 valence electrons. The van der Waals surface area contributed by atoms with Crippen LogP contribution in [0.2, 0.25) is 0 Å². The smallest absolute Gasteiger partial charge is 0.269 e. The van der Waals surface area contributed by atoms with Crippen LogP contribution in [0, 0.1) is 24.0 Å². The predicted molar refractivity (Wildman–Crippen MR) is 125 cm³/mol. The van der Waals surface area contributed by atoms with Crippen LogP contribution in [-0.2, 0) is 0 Å². The fourth-order valence-corrected chi connectivity index (χ4v) is 3.84. The molecule has 8 heteroatoms. The van der Waals surface area contributed by atoms with Gasteiger partial charge in [0.25, 0.3) is 11.6 Å². The number of carbonyl (C=O) groups excluding carboxylic acids is 1. The Kier molecular flexibility index (Phi) is 5.35. The summed E-state index contributed by atoms with van der Waals surface area (Å²) in [7, 11) is 0. The van der Waals surface area contributed by atoms with Crippen molar-refractivity contribution in [2.75, 3.05) is 5.32 Å². The number of nitro groups is 1. The minimum absolute atomic E-state index is 0.0908. The Morgan fingerprint density at radius 3 is 2.24 bits per heavy atom. The van der Waals surface area contributed by atoms with E-state index in [9.17, 15) is 30.2 Å². The van der Waals surface area contributed by atoms with Crippen LogP contribution in [0.25, 0.3) is 21.9 Å². The molecule has 4 N–H and O–H groups in total. The normalized spacial score (nSPS) is 10.8. The van der Waals surface area contributed by atoms with E-state index < -0.39 is 10.8 Å². The van der Waals surface area contributed by atoms with Gasteiger partial charge in [0.05, 0.1) is 4.92 Å². The minimum atomic E-state index is -0.548. The number of nitrogens with one attached hydrogen (secondary N) is 1. The standard InChI is InChI=1S/C25H20N2O6/c1-13-11-19(26-25(31)15-7-9-17(10-8-15)27(32)33)14(2)21(23(13)29)22-18-6-4-3-5-16(18)12-20(28)24(22)30/h3-12,28-30H,1-2H3,(H,26,31). The number of hydrogen-bond acceptors (Lipinski definition) is 6. The van der Waals surface area contributed by atoms with Gasteiger partial charge in [0, 0.05) is 34.5 Å². The second-order valence-electron chi connectivity index (χ2n) is 7.69. The van der Waals surface area contributed by atoms with Crippen LogP contribution in [0.3, 0.4) is 0 Å². The van der Waals surface area contributed by atoms with E-state index in [2.05, 4.69) is 5.32 Å². The van der Waals surface area contributed by atoms with Crippen molar-refractivity contribution in [1.82, 2.24) is 0 Å². The number of nitro benzene ring substituents is 1. The molecule has 4 aromatic carbocycles. The molecule has 0 saturated heterocycles. The zero-order valence-electron chi connectivity index (χ0n) is 17.8. The molecule has 0 aliphatic carbocycles. The second kappa shape index (κ2) is 8.16. The van der Waals surface area contributed by atoms with E-state index in [-0.39, 0.29) is 39.6 Å². The van der Waals surface area contributed by atoms with Gasteiger partial charge in [-0.05, 0) is 60.0 Å². The molecule has 0 bridgehead atoms. The van der Waals surface area contributed by atoms with Gasteiger partial charge in [-0.1, -0.05) is 24.3 Å². The van der Waals surface area contributed by atoms with Crippen molar-refractivity contribution in [2.24, 2.45) is 0 Å². The van der Waals surface area contributed by atoms with E-state index in [0.717, 1.165) is 0 Å². The second-order valence-corrected chi connectivity index (χ2v) is 7.69. The highest BCUT2D eigenvalue weighted by Gasteiger charge is 2.23. The van der Waals surface area contributed by atoms with Crippen LogP contribution in [0.4, 0.5) is 11.4 Å². The van der Waals surface area contributed by atoms with Crippen LogP contribution < -0.4 is 5.32 Å². The zero-order valence-corrected chi connectivity index (χ0v) is 17.8. The molecule has 0 aromatic heterocycles.